The topological polar surface area (TPSA) is 78.5 Å². The zero-order valence-corrected chi connectivity index (χ0v) is 12.7. The van der Waals surface area contributed by atoms with E-state index >= 15 is 0 Å². The van der Waals surface area contributed by atoms with Crippen molar-refractivity contribution in [2.24, 2.45) is 0 Å². The third-order valence-electron chi connectivity index (χ3n) is 3.56. The van der Waals surface area contributed by atoms with Crippen LogP contribution in [0.15, 0.2) is 24.3 Å². The van der Waals surface area contributed by atoms with E-state index < -0.39 is 0 Å². The van der Waals surface area contributed by atoms with Crippen LogP contribution in [0.25, 0.3) is 0 Å². The lowest BCUT2D eigenvalue weighted by Gasteiger charge is -2.12. The van der Waals surface area contributed by atoms with E-state index in [2.05, 4.69) is 17.6 Å². The molecule has 1 saturated heterocycles. The van der Waals surface area contributed by atoms with E-state index in [-0.39, 0.29) is 30.9 Å². The summed E-state index contributed by atoms with van der Waals surface area (Å²) >= 11 is 0. The number of benzene rings is 1. The van der Waals surface area contributed by atoms with Gasteiger partial charge in [0.05, 0.1) is 13.1 Å². The minimum absolute atomic E-state index is 0.0527. The zero-order chi connectivity index (χ0) is 15.9. The average Bonchev–Trinajstić information content (AvgIpc) is 2.84. The van der Waals surface area contributed by atoms with Gasteiger partial charge in [0.2, 0.25) is 5.91 Å². The van der Waals surface area contributed by atoms with Crippen LogP contribution in [0.3, 0.4) is 0 Å². The second kappa shape index (κ2) is 7.59. The summed E-state index contributed by atoms with van der Waals surface area (Å²) in [6.07, 6.45) is 3.20. The highest BCUT2D eigenvalue weighted by molar-refractivity contribution is 6.01. The van der Waals surface area contributed by atoms with Gasteiger partial charge in [0.15, 0.2) is 0 Å². The molecule has 1 aromatic carbocycles. The third kappa shape index (κ3) is 4.07. The molecule has 0 bridgehead atoms. The fourth-order valence-corrected chi connectivity index (χ4v) is 2.24. The molecule has 1 aliphatic rings. The molecule has 1 aromatic rings. The van der Waals surface area contributed by atoms with Crippen molar-refractivity contribution in [3.8, 4) is 0 Å². The first-order chi connectivity index (χ1) is 10.6. The van der Waals surface area contributed by atoms with Crippen LogP contribution in [0.1, 0.15) is 42.1 Å². The molecule has 0 aromatic heterocycles. The summed E-state index contributed by atoms with van der Waals surface area (Å²) in [6, 6.07) is 6.58. The molecule has 6 heteroatoms. The lowest BCUT2D eigenvalue weighted by Crippen LogP contribution is -2.30. The van der Waals surface area contributed by atoms with E-state index in [4.69, 9.17) is 0 Å². The summed E-state index contributed by atoms with van der Waals surface area (Å²) in [6.45, 7) is 3.07. The zero-order valence-electron chi connectivity index (χ0n) is 12.7. The lowest BCUT2D eigenvalue weighted by atomic mass is 10.1. The molecule has 0 unspecified atom stereocenters. The van der Waals surface area contributed by atoms with Gasteiger partial charge in [0, 0.05) is 12.1 Å². The molecule has 0 radical (unpaired) electrons. The molecular formula is C16H21N3O3. The van der Waals surface area contributed by atoms with E-state index in [0.717, 1.165) is 24.8 Å². The molecule has 1 fully saturated rings. The van der Waals surface area contributed by atoms with Gasteiger partial charge in [-0.3, -0.25) is 14.5 Å². The Morgan fingerprint density at radius 3 is 2.55 bits per heavy atom. The Labute approximate surface area is 129 Å². The van der Waals surface area contributed by atoms with Crippen LogP contribution in [-0.2, 0) is 11.3 Å². The number of hydrogen-bond donors (Lipinski definition) is 2. The number of rotatable bonds is 7. The minimum atomic E-state index is -0.372. The molecule has 0 atom stereocenters. The Morgan fingerprint density at radius 2 is 1.95 bits per heavy atom. The standard InChI is InChI=1S/C16H21N3O3/c1-2-3-4-9-17-15(21)13-7-5-12(6-8-13)11-19-14(20)10-18-16(19)22/h5-8H,2-4,9-11H2,1H3,(H,17,21)(H,18,22). The molecule has 2 N–H and O–H groups in total. The Bertz CT molecular complexity index is 538. The van der Waals surface area contributed by atoms with Crippen LogP contribution in [0, 0.1) is 0 Å². The monoisotopic (exact) mass is 303 g/mol. The molecule has 22 heavy (non-hydrogen) atoms. The highest BCUT2D eigenvalue weighted by atomic mass is 16.2. The second-order valence-electron chi connectivity index (χ2n) is 5.30. The predicted molar refractivity (Wildman–Crippen MR) is 82.2 cm³/mol. The molecular weight excluding hydrogens is 282 g/mol. The summed E-state index contributed by atoms with van der Waals surface area (Å²) in [5.74, 6) is -0.333. The minimum Gasteiger partial charge on any atom is -0.352 e. The van der Waals surface area contributed by atoms with E-state index in [1.165, 1.54) is 4.90 Å². The first-order valence-corrected chi connectivity index (χ1v) is 7.57. The van der Waals surface area contributed by atoms with E-state index in [0.29, 0.717) is 12.1 Å². The number of nitrogens with zero attached hydrogens (tertiary/aromatic N) is 1. The third-order valence-corrected chi connectivity index (χ3v) is 3.56. The van der Waals surface area contributed by atoms with Crippen molar-refractivity contribution in [3.05, 3.63) is 35.4 Å². The van der Waals surface area contributed by atoms with Gasteiger partial charge in [-0.15, -0.1) is 0 Å². The molecule has 0 aliphatic carbocycles. The van der Waals surface area contributed by atoms with Crippen LogP contribution in [0.2, 0.25) is 0 Å². The van der Waals surface area contributed by atoms with Gasteiger partial charge in [-0.25, -0.2) is 4.79 Å². The fraction of sp³-hybridized carbons (Fsp3) is 0.438. The molecule has 6 nitrogen and oxygen atoms in total. The first kappa shape index (κ1) is 16.0. The summed E-state index contributed by atoms with van der Waals surface area (Å²) < 4.78 is 0. The summed E-state index contributed by atoms with van der Waals surface area (Å²) in [4.78, 5) is 36.1. The number of amides is 4. The SMILES string of the molecule is CCCCCNC(=O)c1ccc(CN2C(=O)CNC2=O)cc1. The van der Waals surface area contributed by atoms with Gasteiger partial charge in [-0.05, 0) is 24.1 Å². The molecule has 0 spiro atoms. The van der Waals surface area contributed by atoms with Crippen molar-refractivity contribution in [1.29, 1.82) is 0 Å². The number of unbranched alkanes of at least 4 members (excludes halogenated alkanes) is 2. The van der Waals surface area contributed by atoms with Gasteiger partial charge in [-0.1, -0.05) is 31.9 Å². The fourth-order valence-electron chi connectivity index (χ4n) is 2.24. The van der Waals surface area contributed by atoms with Crippen molar-refractivity contribution < 1.29 is 14.4 Å². The first-order valence-electron chi connectivity index (χ1n) is 7.57. The van der Waals surface area contributed by atoms with Crippen LogP contribution in [0.5, 0.6) is 0 Å². The smallest absolute Gasteiger partial charge is 0.324 e. The van der Waals surface area contributed by atoms with Crippen molar-refractivity contribution in [1.82, 2.24) is 15.5 Å². The Balaban J connectivity index is 1.88. The number of urea groups is 1. The highest BCUT2D eigenvalue weighted by Crippen LogP contribution is 2.10. The van der Waals surface area contributed by atoms with Gasteiger partial charge >= 0.3 is 6.03 Å². The second-order valence-corrected chi connectivity index (χ2v) is 5.30. The van der Waals surface area contributed by atoms with Crippen molar-refractivity contribution in [2.45, 2.75) is 32.7 Å². The van der Waals surface area contributed by atoms with E-state index in [1.54, 1.807) is 24.3 Å². The molecule has 118 valence electrons. The summed E-state index contributed by atoms with van der Waals surface area (Å²) in [5.41, 5.74) is 1.39. The van der Waals surface area contributed by atoms with Crippen molar-refractivity contribution in [3.63, 3.8) is 0 Å². The molecule has 4 amide bonds. The Kier molecular flexibility index (Phi) is 5.52. The van der Waals surface area contributed by atoms with Crippen LogP contribution in [0.4, 0.5) is 4.79 Å². The van der Waals surface area contributed by atoms with Gasteiger partial charge < -0.3 is 10.6 Å². The average molecular weight is 303 g/mol. The summed E-state index contributed by atoms with van der Waals surface area (Å²) in [5, 5.41) is 5.35. The van der Waals surface area contributed by atoms with E-state index in [9.17, 15) is 14.4 Å². The van der Waals surface area contributed by atoms with Crippen molar-refractivity contribution >= 4 is 17.8 Å². The van der Waals surface area contributed by atoms with E-state index in [1.807, 2.05) is 0 Å². The molecule has 2 rings (SSSR count). The lowest BCUT2D eigenvalue weighted by molar-refractivity contribution is -0.125. The predicted octanol–water partition coefficient (Wildman–Crippen LogP) is 1.66. The summed E-state index contributed by atoms with van der Waals surface area (Å²) in [7, 11) is 0. The van der Waals surface area contributed by atoms with Crippen LogP contribution >= 0.6 is 0 Å². The maximum Gasteiger partial charge on any atom is 0.324 e. The Hall–Kier alpha value is -2.37. The van der Waals surface area contributed by atoms with Crippen LogP contribution < -0.4 is 10.6 Å². The normalized spacial score (nSPS) is 14.1. The quantitative estimate of drug-likeness (QED) is 0.594. The van der Waals surface area contributed by atoms with Gasteiger partial charge in [0.25, 0.3) is 5.91 Å². The number of hydrogen-bond acceptors (Lipinski definition) is 3. The maximum absolute atomic E-state index is 11.9. The molecule has 0 saturated carbocycles. The van der Waals surface area contributed by atoms with Gasteiger partial charge in [0.1, 0.15) is 0 Å². The van der Waals surface area contributed by atoms with Crippen molar-refractivity contribution in [2.75, 3.05) is 13.1 Å². The largest absolute Gasteiger partial charge is 0.352 e. The number of carbonyl (C=O) groups is 3. The Morgan fingerprint density at radius 1 is 1.23 bits per heavy atom. The van der Waals surface area contributed by atoms with Gasteiger partial charge in [-0.2, -0.15) is 0 Å². The number of carbonyl (C=O) groups excluding carboxylic acids is 3. The molecule has 1 heterocycles. The maximum atomic E-state index is 11.9. The molecule has 1 aliphatic heterocycles. The highest BCUT2D eigenvalue weighted by Gasteiger charge is 2.28. The number of imide groups is 1. The van der Waals surface area contributed by atoms with Crippen LogP contribution in [-0.4, -0.2) is 35.8 Å². The number of nitrogens with one attached hydrogen (secondary N) is 2.